The first-order valence-corrected chi connectivity index (χ1v) is 8.68. The number of carbonyl (C=O) groups is 1. The van der Waals surface area contributed by atoms with Crippen LogP contribution in [0.15, 0.2) is 12.3 Å². The molecule has 2 fully saturated rings. The molecule has 1 saturated heterocycles. The van der Waals surface area contributed by atoms with Crippen LogP contribution in [-0.2, 0) is 0 Å². The molecule has 0 spiro atoms. The van der Waals surface area contributed by atoms with Crippen LogP contribution < -0.4 is 10.6 Å². The summed E-state index contributed by atoms with van der Waals surface area (Å²) in [5.41, 5.74) is 0.552. The number of aromatic nitrogens is 2. The Kier molecular flexibility index (Phi) is 6.48. The van der Waals surface area contributed by atoms with Crippen LogP contribution in [0.5, 0.6) is 0 Å². The Labute approximate surface area is 145 Å². The van der Waals surface area contributed by atoms with Gasteiger partial charge in [-0.15, -0.1) is 12.4 Å². The third-order valence-electron chi connectivity index (χ3n) is 5.00. The molecule has 1 aromatic heterocycles. The smallest absolute Gasteiger partial charge is 0.271 e. The Hall–Kier alpha value is -1.07. The maximum absolute atomic E-state index is 12.4. The topological polar surface area (TPSA) is 59.0 Å². The number of halogens is 1. The molecule has 1 amide bonds. The third-order valence-corrected chi connectivity index (χ3v) is 5.00. The van der Waals surface area contributed by atoms with Gasteiger partial charge < -0.3 is 10.6 Å². The number of piperidine rings is 1. The van der Waals surface area contributed by atoms with Crippen molar-refractivity contribution in [2.45, 2.75) is 58.0 Å². The standard InChI is InChI=1S/C17H28N4O.ClH/c1-12-8-13(2)10-14(9-12)19-17(22)16-5-7-21(20-16)15-4-3-6-18-11-15;/h5,7,12-15,18H,3-4,6,8-11H2,1-2H3,(H,19,22);1H. The second-order valence-corrected chi connectivity index (χ2v) is 7.27. The van der Waals surface area contributed by atoms with Gasteiger partial charge in [-0.25, -0.2) is 0 Å². The largest absolute Gasteiger partial charge is 0.348 e. The van der Waals surface area contributed by atoms with Gasteiger partial charge >= 0.3 is 0 Å². The summed E-state index contributed by atoms with van der Waals surface area (Å²) in [6.45, 7) is 6.59. The van der Waals surface area contributed by atoms with Crippen molar-refractivity contribution in [3.05, 3.63) is 18.0 Å². The van der Waals surface area contributed by atoms with Gasteiger partial charge in [-0.2, -0.15) is 5.10 Å². The van der Waals surface area contributed by atoms with Crippen molar-refractivity contribution in [3.63, 3.8) is 0 Å². The minimum Gasteiger partial charge on any atom is -0.348 e. The first-order chi connectivity index (χ1) is 10.6. The summed E-state index contributed by atoms with van der Waals surface area (Å²) in [6, 6.07) is 2.53. The summed E-state index contributed by atoms with van der Waals surface area (Å²) >= 11 is 0. The number of rotatable bonds is 3. The minimum atomic E-state index is -0.0196. The van der Waals surface area contributed by atoms with Gasteiger partial charge in [0, 0.05) is 18.8 Å². The van der Waals surface area contributed by atoms with E-state index in [0.717, 1.165) is 32.4 Å². The Balaban J connectivity index is 0.00000192. The molecule has 1 saturated carbocycles. The van der Waals surface area contributed by atoms with Crippen molar-refractivity contribution in [1.29, 1.82) is 0 Å². The lowest BCUT2D eigenvalue weighted by Gasteiger charge is -2.31. The molecule has 3 unspecified atom stereocenters. The lowest BCUT2D eigenvalue weighted by Crippen LogP contribution is -2.40. The molecular weight excluding hydrogens is 312 g/mol. The Morgan fingerprint density at radius 1 is 1.30 bits per heavy atom. The zero-order valence-electron chi connectivity index (χ0n) is 14.1. The average molecular weight is 341 g/mol. The second-order valence-electron chi connectivity index (χ2n) is 7.27. The Morgan fingerprint density at radius 2 is 2.04 bits per heavy atom. The van der Waals surface area contributed by atoms with E-state index in [4.69, 9.17) is 0 Å². The Morgan fingerprint density at radius 3 is 2.70 bits per heavy atom. The molecule has 1 aromatic rings. The number of hydrogen-bond donors (Lipinski definition) is 2. The van der Waals surface area contributed by atoms with E-state index in [-0.39, 0.29) is 18.3 Å². The molecule has 130 valence electrons. The second kappa shape index (κ2) is 8.15. The van der Waals surface area contributed by atoms with Gasteiger partial charge in [-0.3, -0.25) is 9.48 Å². The maximum atomic E-state index is 12.4. The first kappa shape index (κ1) is 18.3. The molecule has 23 heavy (non-hydrogen) atoms. The summed E-state index contributed by atoms with van der Waals surface area (Å²) in [7, 11) is 0. The molecule has 1 aliphatic carbocycles. The lowest BCUT2D eigenvalue weighted by atomic mass is 9.80. The van der Waals surface area contributed by atoms with Crippen molar-refractivity contribution in [2.75, 3.05) is 13.1 Å². The number of amides is 1. The highest BCUT2D eigenvalue weighted by molar-refractivity contribution is 5.92. The van der Waals surface area contributed by atoms with Crippen LogP contribution in [0.25, 0.3) is 0 Å². The van der Waals surface area contributed by atoms with Gasteiger partial charge in [0.15, 0.2) is 0 Å². The lowest BCUT2D eigenvalue weighted by molar-refractivity contribution is 0.0904. The zero-order chi connectivity index (χ0) is 15.5. The molecule has 2 aliphatic rings. The summed E-state index contributed by atoms with van der Waals surface area (Å²) in [5, 5.41) is 11.1. The van der Waals surface area contributed by atoms with E-state index in [1.54, 1.807) is 0 Å². The van der Waals surface area contributed by atoms with E-state index in [9.17, 15) is 4.79 Å². The molecule has 3 atom stereocenters. The van der Waals surface area contributed by atoms with Gasteiger partial charge in [-0.1, -0.05) is 13.8 Å². The van der Waals surface area contributed by atoms with Crippen LogP contribution in [0, 0.1) is 11.8 Å². The van der Waals surface area contributed by atoms with Crippen molar-refractivity contribution in [1.82, 2.24) is 20.4 Å². The molecule has 0 aromatic carbocycles. The van der Waals surface area contributed by atoms with E-state index in [1.165, 1.54) is 12.8 Å². The van der Waals surface area contributed by atoms with Gasteiger partial charge in [0.25, 0.3) is 5.91 Å². The molecule has 1 aliphatic heterocycles. The molecule has 5 nitrogen and oxygen atoms in total. The number of nitrogens with one attached hydrogen (secondary N) is 2. The highest BCUT2D eigenvalue weighted by Crippen LogP contribution is 2.28. The van der Waals surface area contributed by atoms with Crippen LogP contribution >= 0.6 is 12.4 Å². The number of carbonyl (C=O) groups excluding carboxylic acids is 1. The summed E-state index contributed by atoms with van der Waals surface area (Å²) < 4.78 is 1.95. The quantitative estimate of drug-likeness (QED) is 0.889. The number of nitrogens with zero attached hydrogens (tertiary/aromatic N) is 2. The van der Waals surface area contributed by atoms with Gasteiger partial charge in [-0.05, 0) is 56.6 Å². The summed E-state index contributed by atoms with van der Waals surface area (Å²) in [6.07, 6.45) is 7.69. The van der Waals surface area contributed by atoms with E-state index >= 15 is 0 Å². The normalized spacial score (nSPS) is 31.2. The fourth-order valence-corrected chi connectivity index (χ4v) is 4.05. The zero-order valence-corrected chi connectivity index (χ0v) is 14.9. The maximum Gasteiger partial charge on any atom is 0.271 e. The van der Waals surface area contributed by atoms with Gasteiger partial charge in [0.05, 0.1) is 6.04 Å². The van der Waals surface area contributed by atoms with Crippen molar-refractivity contribution in [3.8, 4) is 0 Å². The van der Waals surface area contributed by atoms with Crippen LogP contribution in [-0.4, -0.2) is 34.8 Å². The van der Waals surface area contributed by atoms with Crippen LogP contribution in [0.2, 0.25) is 0 Å². The minimum absolute atomic E-state index is 0. The van der Waals surface area contributed by atoms with Crippen molar-refractivity contribution >= 4 is 18.3 Å². The molecule has 6 heteroatoms. The predicted molar refractivity (Wildman–Crippen MR) is 94.0 cm³/mol. The monoisotopic (exact) mass is 340 g/mol. The van der Waals surface area contributed by atoms with E-state index in [2.05, 4.69) is 29.6 Å². The van der Waals surface area contributed by atoms with Gasteiger partial charge in [0.1, 0.15) is 5.69 Å². The fraction of sp³-hybridized carbons (Fsp3) is 0.765. The number of hydrogen-bond acceptors (Lipinski definition) is 3. The molecule has 2 N–H and O–H groups in total. The predicted octanol–water partition coefficient (Wildman–Crippen LogP) is 2.78. The SMILES string of the molecule is CC1CC(C)CC(NC(=O)c2ccn(C3CCCNC3)n2)C1.Cl. The van der Waals surface area contributed by atoms with Crippen LogP contribution in [0.4, 0.5) is 0 Å². The third kappa shape index (κ3) is 4.70. The molecule has 3 rings (SSSR count). The highest BCUT2D eigenvalue weighted by Gasteiger charge is 2.26. The van der Waals surface area contributed by atoms with Crippen LogP contribution in [0.3, 0.4) is 0 Å². The van der Waals surface area contributed by atoms with Crippen LogP contribution in [0.1, 0.15) is 62.5 Å². The fourth-order valence-electron chi connectivity index (χ4n) is 4.05. The molecule has 0 bridgehead atoms. The van der Waals surface area contributed by atoms with Gasteiger partial charge in [0.2, 0.25) is 0 Å². The van der Waals surface area contributed by atoms with Crippen molar-refractivity contribution in [2.24, 2.45) is 11.8 Å². The van der Waals surface area contributed by atoms with E-state index in [0.29, 0.717) is 29.6 Å². The Bertz CT molecular complexity index is 502. The molecular formula is C17H29ClN4O. The van der Waals surface area contributed by atoms with E-state index in [1.807, 2.05) is 16.9 Å². The average Bonchev–Trinajstić information content (AvgIpc) is 2.97. The van der Waals surface area contributed by atoms with Crippen molar-refractivity contribution < 1.29 is 4.79 Å². The molecule has 0 radical (unpaired) electrons. The highest BCUT2D eigenvalue weighted by atomic mass is 35.5. The summed E-state index contributed by atoms with van der Waals surface area (Å²) in [4.78, 5) is 12.4. The first-order valence-electron chi connectivity index (χ1n) is 8.68. The van der Waals surface area contributed by atoms with E-state index < -0.39 is 0 Å². The summed E-state index contributed by atoms with van der Waals surface area (Å²) in [5.74, 6) is 1.37. The molecule has 2 heterocycles.